The van der Waals surface area contributed by atoms with E-state index in [0.29, 0.717) is 13.1 Å². The molecule has 1 atom stereocenters. The Labute approximate surface area is 84.7 Å². The number of rotatable bonds is 3. The van der Waals surface area contributed by atoms with Crippen molar-refractivity contribution < 1.29 is 19.7 Å². The van der Waals surface area contributed by atoms with Gasteiger partial charge in [0, 0.05) is 13.1 Å². The molecule has 1 unspecified atom stereocenters. The third-order valence-electron chi connectivity index (χ3n) is 1.73. The lowest BCUT2D eigenvalue weighted by molar-refractivity contribution is -0.258. The van der Waals surface area contributed by atoms with E-state index >= 15 is 0 Å². The summed E-state index contributed by atoms with van der Waals surface area (Å²) in [5, 5.41) is 7.88. The van der Waals surface area contributed by atoms with Crippen LogP contribution < -0.4 is 0 Å². The fraction of sp³-hybridized carbons (Fsp3) is 0.857. The lowest BCUT2D eigenvalue weighted by atomic mass is 10.4. The molecule has 0 aromatic heterocycles. The number of carbonyl (C=O) groups is 1. The Morgan fingerprint density at radius 3 is 2.69 bits per heavy atom. The predicted molar refractivity (Wildman–Crippen MR) is 48.2 cm³/mol. The lowest BCUT2D eigenvalue weighted by Crippen LogP contribution is -2.29. The smallest absolute Gasteiger partial charge is 0.393 e. The van der Waals surface area contributed by atoms with Gasteiger partial charge in [-0.05, 0) is 12.8 Å². The molecule has 0 bridgehead atoms. The number of nitrogens with zero attached hydrogens (tertiary/aromatic N) is 1. The minimum absolute atomic E-state index is 0.243. The van der Waals surface area contributed by atoms with Crippen LogP contribution in [0.25, 0.3) is 0 Å². The first kappa shape index (κ1) is 10.7. The third-order valence-corrected chi connectivity index (χ3v) is 2.17. The summed E-state index contributed by atoms with van der Waals surface area (Å²) in [5.41, 5.74) is 0. The average Bonchev–Trinajstić information content (AvgIpc) is 2.66. The van der Waals surface area contributed by atoms with Crippen molar-refractivity contribution in [1.29, 1.82) is 0 Å². The average molecular weight is 254 g/mol. The Hall–Kier alpha value is -0.330. The van der Waals surface area contributed by atoms with Gasteiger partial charge < -0.3 is 10.0 Å². The molecule has 0 aliphatic carbocycles. The Bertz CT molecular complexity index is 172. The summed E-state index contributed by atoms with van der Waals surface area (Å²) in [6, 6.07) is 0. The number of halogens is 1. The van der Waals surface area contributed by atoms with E-state index in [1.807, 2.05) is 0 Å². The zero-order valence-electron chi connectivity index (χ0n) is 7.11. The fourth-order valence-electron chi connectivity index (χ4n) is 1.08. The summed E-state index contributed by atoms with van der Waals surface area (Å²) in [6.07, 6.45) is 1.52. The molecule has 1 heterocycles. The van der Waals surface area contributed by atoms with E-state index in [1.54, 1.807) is 4.90 Å². The molecular formula is C7H12BrNO4. The van der Waals surface area contributed by atoms with Gasteiger partial charge in [0.05, 0.1) is 6.61 Å². The number of aliphatic hydroxyl groups is 1. The number of carbonyl (C=O) groups excluding carboxylic acids is 1. The highest BCUT2D eigenvalue weighted by Crippen LogP contribution is 2.10. The molecule has 1 rings (SSSR count). The summed E-state index contributed by atoms with van der Waals surface area (Å²) in [5.74, 6) is 0. The minimum Gasteiger partial charge on any atom is -0.393 e. The highest BCUT2D eigenvalue weighted by atomic mass is 79.9. The maximum absolute atomic E-state index is 11.1. The van der Waals surface area contributed by atoms with Gasteiger partial charge in [-0.1, -0.05) is 15.9 Å². The van der Waals surface area contributed by atoms with E-state index in [1.165, 1.54) is 0 Å². The highest BCUT2D eigenvalue weighted by molar-refractivity contribution is 9.09. The quantitative estimate of drug-likeness (QED) is 0.461. The summed E-state index contributed by atoms with van der Waals surface area (Å²) < 4.78 is 0. The van der Waals surface area contributed by atoms with Crippen molar-refractivity contribution in [2.24, 2.45) is 0 Å². The molecule has 1 aliphatic rings. The van der Waals surface area contributed by atoms with Gasteiger partial charge in [0.2, 0.25) is 0 Å². The molecular weight excluding hydrogens is 242 g/mol. The molecule has 6 heteroatoms. The van der Waals surface area contributed by atoms with Gasteiger partial charge in [-0.25, -0.2) is 4.79 Å². The number of amides is 1. The minimum atomic E-state index is -0.654. The van der Waals surface area contributed by atoms with Crippen molar-refractivity contribution in [3.8, 4) is 0 Å². The monoisotopic (exact) mass is 253 g/mol. The van der Waals surface area contributed by atoms with E-state index in [-0.39, 0.29) is 6.61 Å². The number of hydrogen-bond donors (Lipinski definition) is 1. The van der Waals surface area contributed by atoms with Crippen molar-refractivity contribution in [1.82, 2.24) is 4.90 Å². The first-order valence-electron chi connectivity index (χ1n) is 4.11. The van der Waals surface area contributed by atoms with Crippen LogP contribution in [-0.2, 0) is 9.78 Å². The Morgan fingerprint density at radius 2 is 2.15 bits per heavy atom. The van der Waals surface area contributed by atoms with Crippen LogP contribution in [0.2, 0.25) is 0 Å². The van der Waals surface area contributed by atoms with E-state index in [4.69, 9.17) is 5.11 Å². The maximum atomic E-state index is 11.1. The Kier molecular flexibility index (Phi) is 4.47. The molecule has 0 aromatic carbocycles. The number of aliphatic hydroxyl groups excluding tert-OH is 1. The summed E-state index contributed by atoms with van der Waals surface area (Å²) in [4.78, 5) is 21.7. The largest absolute Gasteiger partial charge is 0.441 e. The maximum Gasteiger partial charge on any atom is 0.441 e. The van der Waals surface area contributed by atoms with Gasteiger partial charge in [0.25, 0.3) is 0 Å². The van der Waals surface area contributed by atoms with Crippen LogP contribution in [-0.4, -0.2) is 40.8 Å². The van der Waals surface area contributed by atoms with Crippen LogP contribution in [0.3, 0.4) is 0 Å². The van der Waals surface area contributed by atoms with Gasteiger partial charge in [-0.2, -0.15) is 4.89 Å². The number of likely N-dealkylation sites (tertiary alicyclic amines) is 1. The van der Waals surface area contributed by atoms with Crippen molar-refractivity contribution in [3.63, 3.8) is 0 Å². The second-order valence-corrected chi connectivity index (χ2v) is 3.75. The molecule has 5 nitrogen and oxygen atoms in total. The second-order valence-electron chi connectivity index (χ2n) is 2.73. The zero-order chi connectivity index (χ0) is 9.68. The van der Waals surface area contributed by atoms with Crippen LogP contribution in [0.4, 0.5) is 4.79 Å². The Balaban J connectivity index is 2.16. The topological polar surface area (TPSA) is 59.0 Å². The van der Waals surface area contributed by atoms with E-state index in [2.05, 4.69) is 25.7 Å². The molecule has 76 valence electrons. The van der Waals surface area contributed by atoms with Crippen LogP contribution >= 0.6 is 15.9 Å². The molecule has 13 heavy (non-hydrogen) atoms. The van der Waals surface area contributed by atoms with Crippen LogP contribution in [0.1, 0.15) is 12.8 Å². The van der Waals surface area contributed by atoms with E-state index in [9.17, 15) is 4.79 Å². The molecule has 1 saturated heterocycles. The summed E-state index contributed by atoms with van der Waals surface area (Å²) in [7, 11) is 0. The van der Waals surface area contributed by atoms with Gasteiger partial charge in [0.1, 0.15) is 0 Å². The highest BCUT2D eigenvalue weighted by Gasteiger charge is 2.20. The predicted octanol–water partition coefficient (Wildman–Crippen LogP) is 0.864. The standard InChI is InChI=1S/C7H12BrNO4/c8-6(5-10)12-13-7(11)9-3-1-2-4-9/h6,10H,1-5H2. The van der Waals surface area contributed by atoms with Crippen molar-refractivity contribution >= 4 is 22.0 Å². The van der Waals surface area contributed by atoms with Crippen LogP contribution in [0, 0.1) is 0 Å². The number of alkyl halides is 1. The normalized spacial score (nSPS) is 18.8. The van der Waals surface area contributed by atoms with Gasteiger partial charge in [-0.3, -0.25) is 4.89 Å². The van der Waals surface area contributed by atoms with Crippen molar-refractivity contribution in [2.75, 3.05) is 19.7 Å². The fourth-order valence-corrected chi connectivity index (χ4v) is 1.15. The molecule has 0 saturated carbocycles. The van der Waals surface area contributed by atoms with Gasteiger partial charge >= 0.3 is 6.09 Å². The van der Waals surface area contributed by atoms with Crippen LogP contribution in [0.5, 0.6) is 0 Å². The zero-order valence-corrected chi connectivity index (χ0v) is 8.70. The molecule has 1 fully saturated rings. The molecule has 0 radical (unpaired) electrons. The molecule has 0 aromatic rings. The van der Waals surface area contributed by atoms with Gasteiger partial charge in [0.15, 0.2) is 5.01 Å². The molecule has 1 aliphatic heterocycles. The van der Waals surface area contributed by atoms with Crippen molar-refractivity contribution in [2.45, 2.75) is 17.9 Å². The summed E-state index contributed by atoms with van der Waals surface area (Å²) in [6.45, 7) is 1.19. The van der Waals surface area contributed by atoms with Gasteiger partial charge in [-0.15, -0.1) is 0 Å². The first-order chi connectivity index (χ1) is 6.24. The first-order valence-corrected chi connectivity index (χ1v) is 5.03. The van der Waals surface area contributed by atoms with Crippen molar-refractivity contribution in [3.05, 3.63) is 0 Å². The van der Waals surface area contributed by atoms with Crippen LogP contribution in [0.15, 0.2) is 0 Å². The van der Waals surface area contributed by atoms with E-state index < -0.39 is 11.1 Å². The second kappa shape index (κ2) is 5.41. The van der Waals surface area contributed by atoms with E-state index in [0.717, 1.165) is 12.8 Å². The third kappa shape index (κ3) is 3.50. The Morgan fingerprint density at radius 1 is 1.54 bits per heavy atom. The molecule has 1 amide bonds. The number of hydrogen-bond acceptors (Lipinski definition) is 4. The molecule has 0 spiro atoms. The lowest BCUT2D eigenvalue weighted by Gasteiger charge is -2.14. The summed E-state index contributed by atoms with van der Waals surface area (Å²) >= 11 is 2.95. The molecule has 1 N–H and O–H groups in total. The SMILES string of the molecule is O=C(OOC(Br)CO)N1CCCC1.